The van der Waals surface area contributed by atoms with Gasteiger partial charge in [-0.05, 0) is 49.2 Å². The molecule has 1 N–H and O–H groups in total. The molecule has 1 fully saturated rings. The smallest absolute Gasteiger partial charge is 0.260 e. The van der Waals surface area contributed by atoms with E-state index in [1.165, 1.54) is 0 Å². The first-order valence-corrected chi connectivity index (χ1v) is 10.1. The van der Waals surface area contributed by atoms with Crippen molar-refractivity contribution in [2.24, 2.45) is 0 Å². The summed E-state index contributed by atoms with van der Waals surface area (Å²) < 4.78 is 5.62. The average molecular weight is 391 g/mol. The maximum Gasteiger partial charge on any atom is 0.260 e. The monoisotopic (exact) mass is 391 g/mol. The summed E-state index contributed by atoms with van der Waals surface area (Å²) in [6.07, 6.45) is 2.25. The fourth-order valence-corrected chi connectivity index (χ4v) is 3.75. The zero-order chi connectivity index (χ0) is 20.2. The summed E-state index contributed by atoms with van der Waals surface area (Å²) in [5, 5.41) is 0. The number of aromatic nitrogens is 2. The molecule has 6 nitrogen and oxygen atoms in total. The van der Waals surface area contributed by atoms with Crippen LogP contribution in [0, 0.1) is 0 Å². The Balaban J connectivity index is 1.28. The maximum absolute atomic E-state index is 12.5. The van der Waals surface area contributed by atoms with Crippen LogP contribution < -0.4 is 4.74 Å². The number of piperidine rings is 1. The number of Topliss-reactive ketones (excluding diaryl/α,β-unsaturated/α-hetero) is 1. The number of imidazole rings is 1. The van der Waals surface area contributed by atoms with E-state index in [2.05, 4.69) is 4.98 Å². The molecule has 0 aliphatic carbocycles. The lowest BCUT2D eigenvalue weighted by Crippen LogP contribution is -2.40. The van der Waals surface area contributed by atoms with Gasteiger partial charge in [-0.15, -0.1) is 0 Å². The number of aromatic amines is 1. The van der Waals surface area contributed by atoms with Crippen LogP contribution in [0.1, 0.15) is 48.3 Å². The summed E-state index contributed by atoms with van der Waals surface area (Å²) in [7, 11) is 0. The highest BCUT2D eigenvalue weighted by Gasteiger charge is 2.26. The zero-order valence-electron chi connectivity index (χ0n) is 16.6. The number of H-pyrrole nitrogens is 1. The number of ether oxygens (including phenoxy) is 1. The van der Waals surface area contributed by atoms with Crippen molar-refractivity contribution < 1.29 is 14.3 Å². The van der Waals surface area contributed by atoms with Gasteiger partial charge in [-0.1, -0.05) is 19.1 Å². The van der Waals surface area contributed by atoms with Gasteiger partial charge in [0, 0.05) is 31.0 Å². The third-order valence-electron chi connectivity index (χ3n) is 5.50. The quantitative estimate of drug-likeness (QED) is 0.646. The second kappa shape index (κ2) is 8.47. The van der Waals surface area contributed by atoms with E-state index < -0.39 is 0 Å². The molecular formula is C23H25N3O3. The van der Waals surface area contributed by atoms with Crippen LogP contribution in [0.4, 0.5) is 0 Å². The predicted molar refractivity (Wildman–Crippen MR) is 111 cm³/mol. The lowest BCUT2D eigenvalue weighted by Gasteiger charge is -2.31. The molecule has 1 aliphatic heterocycles. The molecule has 29 heavy (non-hydrogen) atoms. The number of nitrogens with zero attached hydrogens (tertiary/aromatic N) is 2. The van der Waals surface area contributed by atoms with Crippen molar-refractivity contribution in [2.75, 3.05) is 19.7 Å². The number of hydrogen-bond acceptors (Lipinski definition) is 4. The van der Waals surface area contributed by atoms with Crippen molar-refractivity contribution in [2.45, 2.75) is 32.1 Å². The van der Waals surface area contributed by atoms with E-state index in [1.54, 1.807) is 24.3 Å². The van der Waals surface area contributed by atoms with Crippen LogP contribution in [0.5, 0.6) is 5.75 Å². The van der Waals surface area contributed by atoms with Crippen molar-refractivity contribution in [3.8, 4) is 5.75 Å². The predicted octanol–water partition coefficient (Wildman–Crippen LogP) is 3.94. The first-order chi connectivity index (χ1) is 14.1. The highest BCUT2D eigenvalue weighted by molar-refractivity contribution is 5.95. The number of fused-ring (bicyclic) bond motifs is 1. The van der Waals surface area contributed by atoms with Gasteiger partial charge in [-0.25, -0.2) is 4.98 Å². The van der Waals surface area contributed by atoms with E-state index in [0.29, 0.717) is 36.7 Å². The van der Waals surface area contributed by atoms with Gasteiger partial charge in [0.15, 0.2) is 12.4 Å². The van der Waals surface area contributed by atoms with E-state index in [9.17, 15) is 9.59 Å². The lowest BCUT2D eigenvalue weighted by molar-refractivity contribution is -0.134. The van der Waals surface area contributed by atoms with Crippen molar-refractivity contribution in [3.63, 3.8) is 0 Å². The Hall–Kier alpha value is -3.15. The summed E-state index contributed by atoms with van der Waals surface area (Å²) >= 11 is 0. The summed E-state index contributed by atoms with van der Waals surface area (Å²) in [5.41, 5.74) is 2.71. The Labute approximate surface area is 169 Å². The van der Waals surface area contributed by atoms with E-state index in [-0.39, 0.29) is 18.3 Å². The molecule has 1 amide bonds. The Morgan fingerprint density at radius 2 is 1.83 bits per heavy atom. The summed E-state index contributed by atoms with van der Waals surface area (Å²) in [4.78, 5) is 34.1. The molecule has 6 heteroatoms. The molecular weight excluding hydrogens is 366 g/mol. The molecule has 0 spiro atoms. The van der Waals surface area contributed by atoms with Gasteiger partial charge in [0.1, 0.15) is 11.6 Å². The lowest BCUT2D eigenvalue weighted by atomic mass is 9.96. The number of para-hydroxylation sites is 2. The molecule has 1 saturated heterocycles. The van der Waals surface area contributed by atoms with E-state index in [1.807, 2.05) is 36.1 Å². The second-order valence-electron chi connectivity index (χ2n) is 7.38. The van der Waals surface area contributed by atoms with Crippen molar-refractivity contribution >= 4 is 22.7 Å². The molecule has 150 valence electrons. The third-order valence-corrected chi connectivity index (χ3v) is 5.50. The molecule has 2 aromatic carbocycles. The minimum absolute atomic E-state index is 0.0103. The Morgan fingerprint density at radius 1 is 1.10 bits per heavy atom. The van der Waals surface area contributed by atoms with Gasteiger partial charge in [-0.2, -0.15) is 0 Å². The van der Waals surface area contributed by atoms with Crippen LogP contribution in [0.2, 0.25) is 0 Å². The molecule has 0 bridgehead atoms. The third kappa shape index (κ3) is 4.31. The number of amides is 1. The SMILES string of the molecule is CCC(=O)c1ccc(OCC(=O)N2CCC(c3nc4ccccc4[nH]3)CC2)cc1. The number of likely N-dealkylation sites (tertiary alicyclic amines) is 1. The van der Waals surface area contributed by atoms with Crippen LogP contribution in [-0.4, -0.2) is 46.3 Å². The first kappa shape index (κ1) is 19.2. The summed E-state index contributed by atoms with van der Waals surface area (Å²) in [6, 6.07) is 15.0. The molecule has 4 rings (SSSR count). The normalized spacial score (nSPS) is 14.9. The average Bonchev–Trinajstić information content (AvgIpc) is 3.22. The Kier molecular flexibility index (Phi) is 5.60. The van der Waals surface area contributed by atoms with Gasteiger partial charge in [0.2, 0.25) is 0 Å². The minimum atomic E-state index is -0.0123. The summed E-state index contributed by atoms with van der Waals surface area (Å²) in [5.74, 6) is 2.04. The van der Waals surface area contributed by atoms with Crippen LogP contribution in [-0.2, 0) is 4.79 Å². The zero-order valence-corrected chi connectivity index (χ0v) is 16.6. The van der Waals surface area contributed by atoms with E-state index >= 15 is 0 Å². The van der Waals surface area contributed by atoms with Gasteiger partial charge in [-0.3, -0.25) is 9.59 Å². The van der Waals surface area contributed by atoms with Crippen molar-refractivity contribution in [3.05, 3.63) is 59.9 Å². The maximum atomic E-state index is 12.5. The van der Waals surface area contributed by atoms with Crippen LogP contribution >= 0.6 is 0 Å². The largest absolute Gasteiger partial charge is 0.484 e. The number of hydrogen-bond donors (Lipinski definition) is 1. The van der Waals surface area contributed by atoms with Gasteiger partial charge >= 0.3 is 0 Å². The van der Waals surface area contributed by atoms with Gasteiger partial charge in [0.25, 0.3) is 5.91 Å². The molecule has 0 radical (unpaired) electrons. The molecule has 1 aliphatic rings. The molecule has 3 aromatic rings. The van der Waals surface area contributed by atoms with E-state index in [0.717, 1.165) is 29.7 Å². The van der Waals surface area contributed by atoms with Crippen molar-refractivity contribution in [1.82, 2.24) is 14.9 Å². The number of rotatable bonds is 6. The van der Waals surface area contributed by atoms with Crippen molar-refractivity contribution in [1.29, 1.82) is 0 Å². The number of carbonyl (C=O) groups is 2. The molecule has 2 heterocycles. The topological polar surface area (TPSA) is 75.3 Å². The van der Waals surface area contributed by atoms with Gasteiger partial charge in [0.05, 0.1) is 11.0 Å². The van der Waals surface area contributed by atoms with Crippen LogP contribution in [0.15, 0.2) is 48.5 Å². The van der Waals surface area contributed by atoms with Gasteiger partial charge < -0.3 is 14.6 Å². The number of nitrogens with one attached hydrogen (secondary N) is 1. The molecule has 0 atom stereocenters. The van der Waals surface area contributed by atoms with Crippen LogP contribution in [0.3, 0.4) is 0 Å². The number of ketones is 1. The molecule has 0 saturated carbocycles. The highest BCUT2D eigenvalue weighted by atomic mass is 16.5. The highest BCUT2D eigenvalue weighted by Crippen LogP contribution is 2.27. The first-order valence-electron chi connectivity index (χ1n) is 10.1. The Bertz CT molecular complexity index is 969. The Morgan fingerprint density at radius 3 is 2.52 bits per heavy atom. The van der Waals surface area contributed by atoms with Crippen LogP contribution in [0.25, 0.3) is 11.0 Å². The number of carbonyl (C=O) groups excluding carboxylic acids is 2. The molecule has 0 unspecified atom stereocenters. The fraction of sp³-hybridized carbons (Fsp3) is 0.348. The minimum Gasteiger partial charge on any atom is -0.484 e. The standard InChI is InChI=1S/C23H25N3O3/c1-2-21(27)16-7-9-18(10-8-16)29-15-22(28)26-13-11-17(12-14-26)23-24-19-5-3-4-6-20(19)25-23/h3-10,17H,2,11-15H2,1H3,(H,24,25). The van der Waals surface area contributed by atoms with E-state index in [4.69, 9.17) is 9.72 Å². The second-order valence-corrected chi connectivity index (χ2v) is 7.38. The number of benzene rings is 2. The molecule has 1 aromatic heterocycles. The summed E-state index contributed by atoms with van der Waals surface area (Å²) in [6.45, 7) is 3.25. The fourth-order valence-electron chi connectivity index (χ4n) is 3.75.